The van der Waals surface area contributed by atoms with Gasteiger partial charge in [-0.2, -0.15) is 0 Å². The molecule has 0 N–H and O–H groups in total. The van der Waals surface area contributed by atoms with Gasteiger partial charge in [-0.3, -0.25) is 4.98 Å². The van der Waals surface area contributed by atoms with Crippen molar-refractivity contribution < 1.29 is 4.39 Å². The van der Waals surface area contributed by atoms with Crippen LogP contribution >= 0.6 is 11.6 Å². The summed E-state index contributed by atoms with van der Waals surface area (Å²) in [6.07, 6.45) is 2.42. The predicted octanol–water partition coefficient (Wildman–Crippen LogP) is 4.36. The second-order valence-electron chi connectivity index (χ2n) is 4.50. The first-order chi connectivity index (χ1) is 8.56. The fourth-order valence-corrected chi connectivity index (χ4v) is 2.25. The van der Waals surface area contributed by atoms with Crippen molar-refractivity contribution in [2.75, 3.05) is 0 Å². The van der Waals surface area contributed by atoms with Crippen LogP contribution in [0.2, 0.25) is 0 Å². The fourth-order valence-electron chi connectivity index (χ4n) is 1.86. The van der Waals surface area contributed by atoms with Crippen molar-refractivity contribution in [3.63, 3.8) is 0 Å². The van der Waals surface area contributed by atoms with Gasteiger partial charge in [0.15, 0.2) is 0 Å². The van der Waals surface area contributed by atoms with Crippen LogP contribution in [0.15, 0.2) is 36.5 Å². The van der Waals surface area contributed by atoms with E-state index in [2.05, 4.69) is 4.98 Å². The van der Waals surface area contributed by atoms with Gasteiger partial charge in [-0.15, -0.1) is 11.6 Å². The molecule has 0 radical (unpaired) electrons. The van der Waals surface area contributed by atoms with E-state index >= 15 is 0 Å². The minimum atomic E-state index is -0.254. The lowest BCUT2D eigenvalue weighted by atomic mass is 10.0. The van der Waals surface area contributed by atoms with E-state index < -0.39 is 0 Å². The maximum absolute atomic E-state index is 13.2. The maximum atomic E-state index is 13.2. The highest BCUT2D eigenvalue weighted by atomic mass is 35.5. The topological polar surface area (TPSA) is 12.9 Å². The molecule has 2 aromatic rings. The highest BCUT2D eigenvalue weighted by Gasteiger charge is 2.13. The van der Waals surface area contributed by atoms with Crippen molar-refractivity contribution >= 4 is 11.6 Å². The third-order valence-corrected chi connectivity index (χ3v) is 3.33. The summed E-state index contributed by atoms with van der Waals surface area (Å²) < 4.78 is 13.2. The van der Waals surface area contributed by atoms with Gasteiger partial charge in [-0.25, -0.2) is 4.39 Å². The third kappa shape index (κ3) is 3.08. The Morgan fingerprint density at radius 3 is 2.67 bits per heavy atom. The van der Waals surface area contributed by atoms with Crippen molar-refractivity contribution in [2.45, 2.75) is 25.6 Å². The number of aryl methyl sites for hydroxylation is 2. The zero-order valence-corrected chi connectivity index (χ0v) is 11.2. The number of hydrogen-bond donors (Lipinski definition) is 0. The summed E-state index contributed by atoms with van der Waals surface area (Å²) in [5.41, 5.74) is 3.87. The molecule has 0 saturated carbocycles. The second-order valence-corrected chi connectivity index (χ2v) is 5.03. The van der Waals surface area contributed by atoms with Crippen molar-refractivity contribution in [2.24, 2.45) is 0 Å². The molecule has 1 unspecified atom stereocenters. The first-order valence-electron chi connectivity index (χ1n) is 5.88. The summed E-state index contributed by atoms with van der Waals surface area (Å²) in [6, 6.07) is 8.67. The van der Waals surface area contributed by atoms with Crippen LogP contribution < -0.4 is 0 Å². The number of aromatic nitrogens is 1. The van der Waals surface area contributed by atoms with E-state index in [4.69, 9.17) is 11.6 Å². The van der Waals surface area contributed by atoms with Gasteiger partial charge in [0.05, 0.1) is 5.38 Å². The van der Waals surface area contributed by atoms with Crippen molar-refractivity contribution in [1.29, 1.82) is 0 Å². The van der Waals surface area contributed by atoms with E-state index in [1.165, 1.54) is 12.1 Å². The van der Waals surface area contributed by atoms with Crippen LogP contribution in [0.5, 0.6) is 0 Å². The van der Waals surface area contributed by atoms with Crippen molar-refractivity contribution in [3.05, 3.63) is 64.7 Å². The molecule has 2 rings (SSSR count). The Labute approximate surface area is 112 Å². The van der Waals surface area contributed by atoms with Crippen LogP contribution in [-0.2, 0) is 6.42 Å². The molecular formula is C15H15ClFN. The molecule has 3 heteroatoms. The SMILES string of the molecule is Cc1ccc(CC(Cl)c2cc(F)ccc2C)nc1. The zero-order chi connectivity index (χ0) is 13.1. The smallest absolute Gasteiger partial charge is 0.123 e. The molecule has 1 heterocycles. The predicted molar refractivity (Wildman–Crippen MR) is 72.4 cm³/mol. The molecule has 94 valence electrons. The Morgan fingerprint density at radius 1 is 1.22 bits per heavy atom. The van der Waals surface area contributed by atoms with E-state index in [1.54, 1.807) is 6.07 Å². The first kappa shape index (κ1) is 13.0. The molecular weight excluding hydrogens is 249 g/mol. The molecule has 0 aliphatic rings. The summed E-state index contributed by atoms with van der Waals surface area (Å²) in [4.78, 5) is 4.32. The lowest BCUT2D eigenvalue weighted by Gasteiger charge is -2.12. The van der Waals surface area contributed by atoms with Gasteiger partial charge < -0.3 is 0 Å². The summed E-state index contributed by atoms with van der Waals surface area (Å²) >= 11 is 6.35. The van der Waals surface area contributed by atoms with Gasteiger partial charge in [-0.05, 0) is 48.7 Å². The Kier molecular flexibility index (Phi) is 3.97. The zero-order valence-electron chi connectivity index (χ0n) is 10.5. The van der Waals surface area contributed by atoms with Gasteiger partial charge in [0.25, 0.3) is 0 Å². The molecule has 1 atom stereocenters. The van der Waals surface area contributed by atoms with Gasteiger partial charge in [0.1, 0.15) is 5.82 Å². The number of nitrogens with zero attached hydrogens (tertiary/aromatic N) is 1. The minimum Gasteiger partial charge on any atom is -0.261 e. The largest absolute Gasteiger partial charge is 0.261 e. The van der Waals surface area contributed by atoms with Gasteiger partial charge in [0.2, 0.25) is 0 Å². The molecule has 0 saturated heterocycles. The summed E-state index contributed by atoms with van der Waals surface area (Å²) in [5.74, 6) is -0.252. The van der Waals surface area contributed by atoms with Gasteiger partial charge >= 0.3 is 0 Å². The summed E-state index contributed by atoms with van der Waals surface area (Å²) in [6.45, 7) is 3.93. The highest BCUT2D eigenvalue weighted by molar-refractivity contribution is 6.21. The Morgan fingerprint density at radius 2 is 2.00 bits per heavy atom. The second kappa shape index (κ2) is 5.49. The molecule has 0 aliphatic heterocycles. The lowest BCUT2D eigenvalue weighted by molar-refractivity contribution is 0.624. The highest BCUT2D eigenvalue weighted by Crippen LogP contribution is 2.27. The molecule has 1 aromatic heterocycles. The Balaban J connectivity index is 2.18. The quantitative estimate of drug-likeness (QED) is 0.750. The van der Waals surface area contributed by atoms with E-state index in [0.29, 0.717) is 6.42 Å². The molecule has 1 aromatic carbocycles. The standard InChI is InChI=1S/C15H15ClFN/c1-10-3-6-13(18-9-10)8-15(16)14-7-12(17)5-4-11(14)2/h3-7,9,15H,8H2,1-2H3. The monoisotopic (exact) mass is 263 g/mol. The third-order valence-electron chi connectivity index (χ3n) is 2.94. The number of benzene rings is 1. The molecule has 0 spiro atoms. The minimum absolute atomic E-state index is 0.252. The van der Waals surface area contributed by atoms with Crippen LogP contribution in [0.1, 0.15) is 27.8 Å². The maximum Gasteiger partial charge on any atom is 0.123 e. The molecule has 0 fully saturated rings. The molecule has 18 heavy (non-hydrogen) atoms. The van der Waals surface area contributed by atoms with E-state index in [0.717, 1.165) is 22.4 Å². The first-order valence-corrected chi connectivity index (χ1v) is 6.31. The molecule has 0 bridgehead atoms. The number of alkyl halides is 1. The van der Waals surface area contributed by atoms with Crippen LogP contribution in [-0.4, -0.2) is 4.98 Å². The van der Waals surface area contributed by atoms with Crippen LogP contribution in [0, 0.1) is 19.7 Å². The summed E-state index contributed by atoms with van der Waals surface area (Å²) in [5, 5.41) is -0.254. The van der Waals surface area contributed by atoms with E-state index in [-0.39, 0.29) is 11.2 Å². The van der Waals surface area contributed by atoms with Gasteiger partial charge in [-0.1, -0.05) is 12.1 Å². The molecule has 0 aliphatic carbocycles. The normalized spacial score (nSPS) is 12.4. The van der Waals surface area contributed by atoms with Crippen LogP contribution in [0.25, 0.3) is 0 Å². The van der Waals surface area contributed by atoms with Crippen LogP contribution in [0.4, 0.5) is 4.39 Å². The number of halogens is 2. The Bertz CT molecular complexity index is 537. The average molecular weight is 264 g/mol. The number of hydrogen-bond acceptors (Lipinski definition) is 1. The average Bonchev–Trinajstić information content (AvgIpc) is 2.35. The Hall–Kier alpha value is -1.41. The van der Waals surface area contributed by atoms with Crippen molar-refractivity contribution in [3.8, 4) is 0 Å². The van der Waals surface area contributed by atoms with Gasteiger partial charge in [0, 0.05) is 18.3 Å². The fraction of sp³-hybridized carbons (Fsp3) is 0.267. The van der Waals surface area contributed by atoms with E-state index in [9.17, 15) is 4.39 Å². The summed E-state index contributed by atoms with van der Waals surface area (Å²) in [7, 11) is 0. The number of rotatable bonds is 3. The van der Waals surface area contributed by atoms with Crippen molar-refractivity contribution in [1.82, 2.24) is 4.98 Å². The molecule has 1 nitrogen and oxygen atoms in total. The molecule has 0 amide bonds. The lowest BCUT2D eigenvalue weighted by Crippen LogP contribution is -2.01. The number of pyridine rings is 1. The van der Waals surface area contributed by atoms with Crippen LogP contribution in [0.3, 0.4) is 0 Å². The van der Waals surface area contributed by atoms with E-state index in [1.807, 2.05) is 32.2 Å².